The van der Waals surface area contributed by atoms with Gasteiger partial charge in [-0.2, -0.15) is 0 Å². The maximum atomic E-state index is 11.5. The van der Waals surface area contributed by atoms with E-state index in [0.29, 0.717) is 6.54 Å². The van der Waals surface area contributed by atoms with E-state index in [9.17, 15) is 4.79 Å². The average molecular weight is 251 g/mol. The van der Waals surface area contributed by atoms with Crippen LogP contribution in [-0.4, -0.2) is 32.8 Å². The molecule has 0 unspecified atom stereocenters. The smallest absolute Gasteiger partial charge is 0.319 e. The Morgan fingerprint density at radius 2 is 1.89 bits per heavy atom. The number of amides is 2. The maximum absolute atomic E-state index is 11.5. The molecule has 1 rings (SSSR count). The minimum Gasteiger partial charge on any atom is -0.497 e. The van der Waals surface area contributed by atoms with Crippen molar-refractivity contribution in [2.24, 2.45) is 0 Å². The lowest BCUT2D eigenvalue weighted by molar-refractivity contribution is 0.252. The quantitative estimate of drug-likeness (QED) is 0.648. The van der Waals surface area contributed by atoms with Gasteiger partial charge in [-0.25, -0.2) is 4.79 Å². The zero-order valence-corrected chi connectivity index (χ0v) is 11.0. The molecule has 0 saturated heterocycles. The number of hydrogen-bond acceptors (Lipinski definition) is 3. The Labute approximate surface area is 108 Å². The molecule has 3 N–H and O–H groups in total. The monoisotopic (exact) mass is 251 g/mol. The number of carbonyl (C=O) groups excluding carboxylic acids is 1. The molecule has 0 heterocycles. The molecule has 1 aromatic carbocycles. The molecule has 100 valence electrons. The van der Waals surface area contributed by atoms with Gasteiger partial charge in [0.2, 0.25) is 0 Å². The number of anilines is 1. The second-order valence-electron chi connectivity index (χ2n) is 3.86. The summed E-state index contributed by atoms with van der Waals surface area (Å²) in [7, 11) is 1.61. The van der Waals surface area contributed by atoms with Crippen molar-refractivity contribution in [3.05, 3.63) is 24.3 Å². The molecule has 0 radical (unpaired) electrons. The van der Waals surface area contributed by atoms with E-state index in [-0.39, 0.29) is 6.03 Å². The topological polar surface area (TPSA) is 62.4 Å². The SMILES string of the molecule is CCCNCCNC(=O)Nc1ccc(OC)cc1. The van der Waals surface area contributed by atoms with Gasteiger partial charge in [-0.05, 0) is 37.2 Å². The number of hydrogen-bond donors (Lipinski definition) is 3. The first-order chi connectivity index (χ1) is 8.76. The zero-order chi connectivity index (χ0) is 13.2. The minimum atomic E-state index is -0.196. The number of benzene rings is 1. The molecule has 0 aromatic heterocycles. The van der Waals surface area contributed by atoms with Crippen molar-refractivity contribution in [2.75, 3.05) is 32.1 Å². The fourth-order valence-corrected chi connectivity index (χ4v) is 1.42. The first-order valence-corrected chi connectivity index (χ1v) is 6.16. The van der Waals surface area contributed by atoms with Crippen LogP contribution >= 0.6 is 0 Å². The number of rotatable bonds is 7. The number of methoxy groups -OCH3 is 1. The van der Waals surface area contributed by atoms with Gasteiger partial charge in [0.1, 0.15) is 5.75 Å². The van der Waals surface area contributed by atoms with E-state index < -0.39 is 0 Å². The van der Waals surface area contributed by atoms with Crippen molar-refractivity contribution < 1.29 is 9.53 Å². The average Bonchev–Trinajstić information content (AvgIpc) is 2.39. The van der Waals surface area contributed by atoms with Gasteiger partial charge < -0.3 is 20.7 Å². The van der Waals surface area contributed by atoms with Gasteiger partial charge in [0.05, 0.1) is 7.11 Å². The molecule has 0 bridgehead atoms. The molecule has 0 aliphatic carbocycles. The van der Waals surface area contributed by atoms with Crippen molar-refractivity contribution in [1.82, 2.24) is 10.6 Å². The predicted molar refractivity (Wildman–Crippen MR) is 73.2 cm³/mol. The Bertz CT molecular complexity index is 352. The van der Waals surface area contributed by atoms with E-state index in [1.165, 1.54) is 0 Å². The number of urea groups is 1. The Kier molecular flexibility index (Phi) is 6.64. The summed E-state index contributed by atoms with van der Waals surface area (Å²) >= 11 is 0. The Morgan fingerprint density at radius 3 is 2.50 bits per heavy atom. The Balaban J connectivity index is 2.22. The molecule has 2 amide bonds. The van der Waals surface area contributed by atoms with Crippen LogP contribution in [0.4, 0.5) is 10.5 Å². The number of ether oxygens (including phenoxy) is 1. The van der Waals surface area contributed by atoms with E-state index in [1.807, 2.05) is 0 Å². The molecule has 0 spiro atoms. The van der Waals surface area contributed by atoms with Crippen LogP contribution in [0.3, 0.4) is 0 Å². The lowest BCUT2D eigenvalue weighted by Crippen LogP contribution is -2.34. The van der Waals surface area contributed by atoms with E-state index in [0.717, 1.165) is 30.9 Å². The van der Waals surface area contributed by atoms with E-state index in [1.54, 1.807) is 31.4 Å². The standard InChI is InChI=1S/C13H21N3O2/c1-3-8-14-9-10-15-13(17)16-11-4-6-12(18-2)7-5-11/h4-7,14H,3,8-10H2,1-2H3,(H2,15,16,17). The Hall–Kier alpha value is -1.75. The van der Waals surface area contributed by atoms with Gasteiger partial charge >= 0.3 is 6.03 Å². The summed E-state index contributed by atoms with van der Waals surface area (Å²) in [5.74, 6) is 0.768. The van der Waals surface area contributed by atoms with E-state index >= 15 is 0 Å². The van der Waals surface area contributed by atoms with Gasteiger partial charge in [0.15, 0.2) is 0 Å². The summed E-state index contributed by atoms with van der Waals surface area (Å²) in [5, 5.41) is 8.74. The van der Waals surface area contributed by atoms with Gasteiger partial charge in [-0.3, -0.25) is 0 Å². The Morgan fingerprint density at radius 1 is 1.17 bits per heavy atom. The highest BCUT2D eigenvalue weighted by Gasteiger charge is 2.00. The third-order valence-electron chi connectivity index (χ3n) is 2.36. The fraction of sp³-hybridized carbons (Fsp3) is 0.462. The van der Waals surface area contributed by atoms with Gasteiger partial charge in [-0.1, -0.05) is 6.92 Å². The van der Waals surface area contributed by atoms with Crippen LogP contribution in [0, 0.1) is 0 Å². The second-order valence-corrected chi connectivity index (χ2v) is 3.86. The summed E-state index contributed by atoms with van der Waals surface area (Å²) < 4.78 is 5.04. The first kappa shape index (κ1) is 14.3. The van der Waals surface area contributed by atoms with Crippen LogP contribution in [0.5, 0.6) is 5.75 Å². The molecule has 0 aliphatic heterocycles. The van der Waals surface area contributed by atoms with Crippen LogP contribution in [0.15, 0.2) is 24.3 Å². The molecule has 5 nitrogen and oxygen atoms in total. The van der Waals surface area contributed by atoms with Crippen molar-refractivity contribution in [3.8, 4) is 5.75 Å². The molecule has 5 heteroatoms. The largest absolute Gasteiger partial charge is 0.497 e. The highest BCUT2D eigenvalue weighted by atomic mass is 16.5. The minimum absolute atomic E-state index is 0.196. The summed E-state index contributed by atoms with van der Waals surface area (Å²) in [5.41, 5.74) is 0.745. The normalized spacial score (nSPS) is 9.89. The summed E-state index contributed by atoms with van der Waals surface area (Å²) in [6, 6.07) is 7.01. The first-order valence-electron chi connectivity index (χ1n) is 6.16. The lowest BCUT2D eigenvalue weighted by atomic mass is 10.3. The molecule has 18 heavy (non-hydrogen) atoms. The fourth-order valence-electron chi connectivity index (χ4n) is 1.42. The lowest BCUT2D eigenvalue weighted by Gasteiger charge is -2.08. The van der Waals surface area contributed by atoms with Crippen LogP contribution < -0.4 is 20.7 Å². The van der Waals surface area contributed by atoms with Gasteiger partial charge in [0, 0.05) is 18.8 Å². The zero-order valence-electron chi connectivity index (χ0n) is 11.0. The summed E-state index contributed by atoms with van der Waals surface area (Å²) in [4.78, 5) is 11.5. The van der Waals surface area contributed by atoms with Crippen molar-refractivity contribution in [3.63, 3.8) is 0 Å². The van der Waals surface area contributed by atoms with Gasteiger partial charge in [-0.15, -0.1) is 0 Å². The molecule has 0 aliphatic rings. The van der Waals surface area contributed by atoms with Gasteiger partial charge in [0.25, 0.3) is 0 Å². The molecular weight excluding hydrogens is 230 g/mol. The maximum Gasteiger partial charge on any atom is 0.319 e. The second kappa shape index (κ2) is 8.36. The predicted octanol–water partition coefficient (Wildman–Crippen LogP) is 1.82. The number of nitrogens with one attached hydrogen (secondary N) is 3. The van der Waals surface area contributed by atoms with Crippen LogP contribution in [0.2, 0.25) is 0 Å². The molecule has 0 atom stereocenters. The highest BCUT2D eigenvalue weighted by Crippen LogP contribution is 2.14. The molecular formula is C13H21N3O2. The summed E-state index contributed by atoms with van der Waals surface area (Å²) in [6.07, 6.45) is 1.10. The third kappa shape index (κ3) is 5.54. The van der Waals surface area contributed by atoms with Crippen molar-refractivity contribution in [1.29, 1.82) is 0 Å². The molecule has 0 fully saturated rings. The highest BCUT2D eigenvalue weighted by molar-refractivity contribution is 5.89. The van der Waals surface area contributed by atoms with Crippen LogP contribution in [0.25, 0.3) is 0 Å². The van der Waals surface area contributed by atoms with E-state index in [2.05, 4.69) is 22.9 Å². The van der Waals surface area contributed by atoms with Crippen LogP contribution in [0.1, 0.15) is 13.3 Å². The molecule has 0 saturated carbocycles. The van der Waals surface area contributed by atoms with Crippen molar-refractivity contribution >= 4 is 11.7 Å². The van der Waals surface area contributed by atoms with Crippen molar-refractivity contribution in [2.45, 2.75) is 13.3 Å². The van der Waals surface area contributed by atoms with Crippen LogP contribution in [-0.2, 0) is 0 Å². The number of carbonyl (C=O) groups is 1. The summed E-state index contributed by atoms with van der Waals surface area (Å²) in [6.45, 7) is 4.48. The third-order valence-corrected chi connectivity index (χ3v) is 2.36. The molecule has 1 aromatic rings. The van der Waals surface area contributed by atoms with E-state index in [4.69, 9.17) is 4.74 Å².